The lowest BCUT2D eigenvalue weighted by Crippen LogP contribution is -2.25. The molecule has 1 aromatic heterocycles. The molecule has 0 bridgehead atoms. The van der Waals surface area contributed by atoms with Gasteiger partial charge in [-0.3, -0.25) is 4.21 Å². The molecule has 1 aliphatic heterocycles. The van der Waals surface area contributed by atoms with E-state index in [2.05, 4.69) is 40.3 Å². The van der Waals surface area contributed by atoms with E-state index in [4.69, 9.17) is 0 Å². The lowest BCUT2D eigenvalue weighted by molar-refractivity contribution is 0.522. The van der Waals surface area contributed by atoms with Crippen molar-refractivity contribution in [3.63, 3.8) is 0 Å². The zero-order chi connectivity index (χ0) is 10.8. The van der Waals surface area contributed by atoms with E-state index in [1.807, 2.05) is 0 Å². The van der Waals surface area contributed by atoms with Crippen molar-refractivity contribution in [2.24, 2.45) is 5.92 Å². The summed E-state index contributed by atoms with van der Waals surface area (Å²) >= 11 is 5.19. The van der Waals surface area contributed by atoms with Gasteiger partial charge in [0.15, 0.2) is 0 Å². The SMILES string of the molecule is CC1CNC(c2ccc(Br)s2)CS(=O)C1. The van der Waals surface area contributed by atoms with Crippen LogP contribution in [0.15, 0.2) is 15.9 Å². The van der Waals surface area contributed by atoms with E-state index in [1.54, 1.807) is 11.3 Å². The minimum Gasteiger partial charge on any atom is -0.308 e. The zero-order valence-corrected chi connectivity index (χ0v) is 11.8. The van der Waals surface area contributed by atoms with Gasteiger partial charge in [0.25, 0.3) is 0 Å². The van der Waals surface area contributed by atoms with Crippen LogP contribution in [0.1, 0.15) is 17.8 Å². The maximum absolute atomic E-state index is 11.7. The Kier molecular flexibility index (Phi) is 3.98. The first-order valence-electron chi connectivity index (χ1n) is 4.98. The van der Waals surface area contributed by atoms with Gasteiger partial charge in [0.1, 0.15) is 0 Å². The van der Waals surface area contributed by atoms with Crippen molar-refractivity contribution in [1.82, 2.24) is 5.32 Å². The highest BCUT2D eigenvalue weighted by molar-refractivity contribution is 9.11. The van der Waals surface area contributed by atoms with Crippen molar-refractivity contribution in [2.45, 2.75) is 13.0 Å². The lowest BCUT2D eigenvalue weighted by atomic mass is 10.2. The fourth-order valence-electron chi connectivity index (χ4n) is 1.73. The molecule has 3 atom stereocenters. The number of rotatable bonds is 1. The van der Waals surface area contributed by atoms with Crippen LogP contribution in [0, 0.1) is 5.92 Å². The molecule has 0 saturated carbocycles. The van der Waals surface area contributed by atoms with Gasteiger partial charge in [-0.25, -0.2) is 0 Å². The highest BCUT2D eigenvalue weighted by atomic mass is 79.9. The summed E-state index contributed by atoms with van der Waals surface area (Å²) in [5.74, 6) is 2.09. The van der Waals surface area contributed by atoms with E-state index >= 15 is 0 Å². The molecule has 0 amide bonds. The number of halogens is 1. The molecule has 2 heterocycles. The minimum atomic E-state index is -0.680. The van der Waals surface area contributed by atoms with Gasteiger partial charge in [0.2, 0.25) is 0 Å². The molecule has 0 aliphatic carbocycles. The molecule has 0 radical (unpaired) electrons. The summed E-state index contributed by atoms with van der Waals surface area (Å²) in [6.45, 7) is 3.11. The summed E-state index contributed by atoms with van der Waals surface area (Å²) in [6, 6.07) is 4.44. The first-order chi connectivity index (χ1) is 7.15. The van der Waals surface area contributed by atoms with Crippen molar-refractivity contribution >= 4 is 38.1 Å². The van der Waals surface area contributed by atoms with E-state index in [-0.39, 0.29) is 6.04 Å². The second-order valence-corrected chi connectivity index (χ2v) is 8.02. The van der Waals surface area contributed by atoms with Gasteiger partial charge >= 0.3 is 0 Å². The van der Waals surface area contributed by atoms with Gasteiger partial charge < -0.3 is 5.32 Å². The van der Waals surface area contributed by atoms with E-state index in [0.717, 1.165) is 21.8 Å². The van der Waals surface area contributed by atoms with Crippen LogP contribution in [0.5, 0.6) is 0 Å². The lowest BCUT2D eigenvalue weighted by Gasteiger charge is -2.13. The third-order valence-corrected chi connectivity index (χ3v) is 5.86. The Morgan fingerprint density at radius 2 is 2.33 bits per heavy atom. The van der Waals surface area contributed by atoms with E-state index in [9.17, 15) is 4.21 Å². The Labute approximate surface area is 105 Å². The van der Waals surface area contributed by atoms with Gasteiger partial charge in [-0.05, 0) is 40.5 Å². The monoisotopic (exact) mass is 307 g/mol. The zero-order valence-electron chi connectivity index (χ0n) is 8.53. The molecule has 5 heteroatoms. The number of nitrogens with one attached hydrogen (secondary N) is 1. The molecule has 1 saturated heterocycles. The van der Waals surface area contributed by atoms with Crippen molar-refractivity contribution in [1.29, 1.82) is 0 Å². The molecule has 1 aliphatic rings. The first kappa shape index (κ1) is 11.8. The fourth-order valence-corrected chi connectivity index (χ4v) is 4.89. The molecule has 0 spiro atoms. The van der Waals surface area contributed by atoms with Crippen LogP contribution < -0.4 is 5.32 Å². The average Bonchev–Trinajstić information content (AvgIpc) is 2.51. The number of thiophene rings is 1. The average molecular weight is 308 g/mol. The molecular weight excluding hydrogens is 294 g/mol. The van der Waals surface area contributed by atoms with Crippen molar-refractivity contribution in [3.05, 3.63) is 20.8 Å². The van der Waals surface area contributed by atoms with Gasteiger partial charge in [-0.15, -0.1) is 11.3 Å². The Morgan fingerprint density at radius 1 is 1.53 bits per heavy atom. The smallest absolute Gasteiger partial charge is 0.0701 e. The highest BCUT2D eigenvalue weighted by Gasteiger charge is 2.22. The van der Waals surface area contributed by atoms with Crippen LogP contribution in [0.4, 0.5) is 0 Å². The Morgan fingerprint density at radius 3 is 3.00 bits per heavy atom. The van der Waals surface area contributed by atoms with Crippen molar-refractivity contribution in [2.75, 3.05) is 18.1 Å². The van der Waals surface area contributed by atoms with Crippen LogP contribution in [-0.4, -0.2) is 22.3 Å². The van der Waals surface area contributed by atoms with E-state index < -0.39 is 10.8 Å². The number of hydrogen-bond acceptors (Lipinski definition) is 3. The summed E-state index contributed by atoms with van der Waals surface area (Å²) in [6.07, 6.45) is 0. The molecule has 0 aromatic carbocycles. The molecular formula is C10H14BrNOS2. The van der Waals surface area contributed by atoms with Crippen LogP contribution in [0.25, 0.3) is 0 Å². The van der Waals surface area contributed by atoms with Gasteiger partial charge in [-0.2, -0.15) is 0 Å². The van der Waals surface area contributed by atoms with Gasteiger partial charge in [0.05, 0.1) is 9.83 Å². The first-order valence-corrected chi connectivity index (χ1v) is 8.08. The Hall–Kier alpha value is 0.290. The maximum Gasteiger partial charge on any atom is 0.0701 e. The third-order valence-electron chi connectivity index (χ3n) is 2.47. The van der Waals surface area contributed by atoms with Crippen LogP contribution in [0.3, 0.4) is 0 Å². The normalized spacial score (nSPS) is 32.5. The van der Waals surface area contributed by atoms with E-state index in [1.165, 1.54) is 4.88 Å². The second kappa shape index (κ2) is 5.08. The van der Waals surface area contributed by atoms with Crippen molar-refractivity contribution in [3.8, 4) is 0 Å². The molecule has 2 nitrogen and oxygen atoms in total. The summed E-state index contributed by atoms with van der Waals surface area (Å²) in [4.78, 5) is 1.28. The van der Waals surface area contributed by atoms with Crippen LogP contribution in [0.2, 0.25) is 0 Å². The standard InChI is InChI=1S/C10H14BrNOS2/c1-7-4-12-8(6-15(13)5-7)9-2-3-10(11)14-9/h2-3,7-8,12H,4-6H2,1H3. The predicted molar refractivity (Wildman–Crippen MR) is 69.8 cm³/mol. The summed E-state index contributed by atoms with van der Waals surface area (Å²) in [5.41, 5.74) is 0. The summed E-state index contributed by atoms with van der Waals surface area (Å²) < 4.78 is 12.9. The fraction of sp³-hybridized carbons (Fsp3) is 0.600. The summed E-state index contributed by atoms with van der Waals surface area (Å²) in [7, 11) is -0.680. The molecule has 1 fully saturated rings. The molecule has 1 aromatic rings. The number of hydrogen-bond donors (Lipinski definition) is 1. The minimum absolute atomic E-state index is 0.270. The molecule has 15 heavy (non-hydrogen) atoms. The van der Waals surface area contributed by atoms with Crippen LogP contribution >= 0.6 is 27.3 Å². The van der Waals surface area contributed by atoms with Gasteiger partial charge in [-0.1, -0.05) is 6.92 Å². The van der Waals surface area contributed by atoms with Gasteiger partial charge in [0, 0.05) is 27.2 Å². The maximum atomic E-state index is 11.7. The molecule has 84 valence electrons. The predicted octanol–water partition coefficient (Wildman–Crippen LogP) is 2.54. The second-order valence-electron chi connectivity index (χ2n) is 3.98. The van der Waals surface area contributed by atoms with Crippen molar-refractivity contribution < 1.29 is 4.21 Å². The highest BCUT2D eigenvalue weighted by Crippen LogP contribution is 2.28. The third kappa shape index (κ3) is 3.12. The molecule has 2 rings (SSSR count). The molecule has 3 unspecified atom stereocenters. The topological polar surface area (TPSA) is 29.1 Å². The quantitative estimate of drug-likeness (QED) is 0.864. The Balaban J connectivity index is 2.12. The summed E-state index contributed by atoms with van der Waals surface area (Å²) in [5, 5.41) is 3.49. The largest absolute Gasteiger partial charge is 0.308 e. The van der Waals surface area contributed by atoms with Crippen LogP contribution in [-0.2, 0) is 10.8 Å². The molecule has 1 N–H and O–H groups in total. The van der Waals surface area contributed by atoms with E-state index in [0.29, 0.717) is 5.92 Å². The Bertz CT molecular complexity index is 366.